The molecule has 1 saturated heterocycles. The van der Waals surface area contributed by atoms with Gasteiger partial charge in [-0.1, -0.05) is 0 Å². The number of fused-ring (bicyclic) bond motifs is 1. The van der Waals surface area contributed by atoms with Crippen LogP contribution >= 0.6 is 0 Å². The molecule has 0 aromatic rings. The zero-order valence-electron chi connectivity index (χ0n) is 8.77. The van der Waals surface area contributed by atoms with Gasteiger partial charge in [-0.25, -0.2) is 0 Å². The highest BCUT2D eigenvalue weighted by Gasteiger charge is 2.50. The molecule has 1 fully saturated rings. The minimum Gasteiger partial charge on any atom is -0.303 e. The van der Waals surface area contributed by atoms with Gasteiger partial charge in [0.2, 0.25) is 0 Å². The molecule has 1 atom stereocenters. The molecule has 1 N–H and O–H groups in total. The van der Waals surface area contributed by atoms with Gasteiger partial charge in [0.25, 0.3) is 0 Å². The Bertz CT molecular complexity index is 299. The number of allylic oxidation sites excluding steroid dienone is 1. The van der Waals surface area contributed by atoms with Gasteiger partial charge in [0, 0.05) is 23.4 Å². The first-order valence-corrected chi connectivity index (χ1v) is 4.87. The Morgan fingerprint density at radius 1 is 1.38 bits per heavy atom. The van der Waals surface area contributed by atoms with Crippen molar-refractivity contribution in [2.75, 3.05) is 0 Å². The van der Waals surface area contributed by atoms with Crippen molar-refractivity contribution in [1.82, 2.24) is 5.32 Å². The average Bonchev–Trinajstić information content (AvgIpc) is 2.34. The first-order chi connectivity index (χ1) is 5.83. The van der Waals surface area contributed by atoms with Crippen LogP contribution in [0, 0.1) is 5.92 Å². The summed E-state index contributed by atoms with van der Waals surface area (Å²) >= 11 is 0. The van der Waals surface area contributed by atoms with E-state index in [2.05, 4.69) is 33.0 Å². The molecule has 0 aromatic heterocycles. The van der Waals surface area contributed by atoms with E-state index < -0.39 is 0 Å². The van der Waals surface area contributed by atoms with Gasteiger partial charge in [-0.3, -0.25) is 4.79 Å². The van der Waals surface area contributed by atoms with Crippen molar-refractivity contribution in [2.24, 2.45) is 5.92 Å². The minimum absolute atomic E-state index is 0.000324. The summed E-state index contributed by atoms with van der Waals surface area (Å²) in [6.45, 7) is 8.66. The van der Waals surface area contributed by atoms with Crippen LogP contribution in [0.1, 0.15) is 34.1 Å². The highest BCUT2D eigenvalue weighted by Crippen LogP contribution is 2.45. The molecule has 2 rings (SSSR count). The lowest BCUT2D eigenvalue weighted by Gasteiger charge is -2.27. The van der Waals surface area contributed by atoms with Crippen LogP contribution in [0.15, 0.2) is 11.6 Å². The maximum atomic E-state index is 11.3. The number of hydrogen-bond donors (Lipinski definition) is 1. The normalized spacial score (nSPS) is 34.6. The topological polar surface area (TPSA) is 29.1 Å². The molecule has 0 amide bonds. The summed E-state index contributed by atoms with van der Waals surface area (Å²) in [7, 11) is 0. The lowest BCUT2D eigenvalue weighted by Crippen LogP contribution is -2.45. The monoisotopic (exact) mass is 179 g/mol. The second-order valence-corrected chi connectivity index (χ2v) is 5.29. The van der Waals surface area contributed by atoms with E-state index in [1.54, 1.807) is 0 Å². The predicted molar refractivity (Wildman–Crippen MR) is 52.5 cm³/mol. The molecular formula is C11H17NO. The fourth-order valence-electron chi connectivity index (χ4n) is 2.87. The van der Waals surface area contributed by atoms with E-state index in [-0.39, 0.29) is 11.1 Å². The molecule has 1 heterocycles. The third-order valence-corrected chi connectivity index (χ3v) is 3.32. The second-order valence-electron chi connectivity index (χ2n) is 5.29. The van der Waals surface area contributed by atoms with Crippen molar-refractivity contribution < 1.29 is 4.79 Å². The van der Waals surface area contributed by atoms with E-state index in [0.717, 1.165) is 0 Å². The first-order valence-electron chi connectivity index (χ1n) is 4.87. The van der Waals surface area contributed by atoms with Gasteiger partial charge in [0.05, 0.1) is 0 Å². The van der Waals surface area contributed by atoms with Crippen LogP contribution in [0.4, 0.5) is 0 Å². The third-order valence-electron chi connectivity index (χ3n) is 3.32. The Morgan fingerprint density at radius 2 is 2.00 bits per heavy atom. The zero-order chi connectivity index (χ0) is 9.85. The van der Waals surface area contributed by atoms with E-state index in [0.29, 0.717) is 18.1 Å². The van der Waals surface area contributed by atoms with E-state index >= 15 is 0 Å². The van der Waals surface area contributed by atoms with Gasteiger partial charge in [-0.2, -0.15) is 0 Å². The highest BCUT2D eigenvalue weighted by atomic mass is 16.1. The predicted octanol–water partition coefficient (Wildman–Crippen LogP) is 1.66. The summed E-state index contributed by atoms with van der Waals surface area (Å²) in [5.41, 5.74) is 1.37. The minimum atomic E-state index is 0.000324. The molecular weight excluding hydrogens is 162 g/mol. The van der Waals surface area contributed by atoms with Crippen molar-refractivity contribution in [3.8, 4) is 0 Å². The smallest absolute Gasteiger partial charge is 0.156 e. The average molecular weight is 179 g/mol. The molecule has 2 nitrogen and oxygen atoms in total. The number of nitrogens with one attached hydrogen (secondary N) is 1. The zero-order valence-corrected chi connectivity index (χ0v) is 8.77. The van der Waals surface area contributed by atoms with Crippen LogP contribution in [0.2, 0.25) is 0 Å². The standard InChI is InChI=1S/C11H17NO/c1-10(2)8-5-7(13)6-9(8)11(3,4)12-10/h5,9,12H,6H2,1-4H3. The van der Waals surface area contributed by atoms with Crippen molar-refractivity contribution >= 4 is 5.78 Å². The highest BCUT2D eigenvalue weighted by molar-refractivity contribution is 5.94. The van der Waals surface area contributed by atoms with Crippen molar-refractivity contribution in [1.29, 1.82) is 0 Å². The molecule has 1 unspecified atom stereocenters. The molecule has 0 radical (unpaired) electrons. The Labute approximate surface area is 79.4 Å². The van der Waals surface area contributed by atoms with Crippen LogP contribution in [0.25, 0.3) is 0 Å². The van der Waals surface area contributed by atoms with Crippen LogP contribution in [-0.2, 0) is 4.79 Å². The largest absolute Gasteiger partial charge is 0.303 e. The van der Waals surface area contributed by atoms with Gasteiger partial charge in [0.15, 0.2) is 5.78 Å². The molecule has 0 aromatic carbocycles. The molecule has 72 valence electrons. The van der Waals surface area contributed by atoms with Gasteiger partial charge >= 0.3 is 0 Å². The van der Waals surface area contributed by atoms with Gasteiger partial charge in [0.1, 0.15) is 0 Å². The summed E-state index contributed by atoms with van der Waals surface area (Å²) in [5.74, 6) is 0.706. The maximum absolute atomic E-state index is 11.3. The SMILES string of the molecule is CC1(C)NC(C)(C)C2CC(=O)C=C21. The molecule has 1 aliphatic carbocycles. The Balaban J connectivity index is 2.45. The Kier molecular flexibility index (Phi) is 1.54. The van der Waals surface area contributed by atoms with E-state index in [4.69, 9.17) is 0 Å². The van der Waals surface area contributed by atoms with E-state index in [1.165, 1.54) is 5.57 Å². The van der Waals surface area contributed by atoms with Crippen molar-refractivity contribution in [3.63, 3.8) is 0 Å². The van der Waals surface area contributed by atoms with Crippen molar-refractivity contribution in [2.45, 2.75) is 45.2 Å². The number of rotatable bonds is 0. The number of carbonyl (C=O) groups excluding carboxylic acids is 1. The fourth-order valence-corrected chi connectivity index (χ4v) is 2.87. The summed E-state index contributed by atoms with van der Waals surface area (Å²) in [5, 5.41) is 3.57. The number of carbonyl (C=O) groups is 1. The van der Waals surface area contributed by atoms with Crippen LogP contribution < -0.4 is 5.32 Å². The Hall–Kier alpha value is -0.630. The third kappa shape index (κ3) is 1.16. The van der Waals surface area contributed by atoms with Crippen molar-refractivity contribution in [3.05, 3.63) is 11.6 Å². The molecule has 0 saturated carbocycles. The maximum Gasteiger partial charge on any atom is 0.156 e. The van der Waals surface area contributed by atoms with E-state index in [1.807, 2.05) is 6.08 Å². The first kappa shape index (κ1) is 8.95. The second kappa shape index (κ2) is 2.24. The fraction of sp³-hybridized carbons (Fsp3) is 0.727. The van der Waals surface area contributed by atoms with Gasteiger partial charge in [-0.15, -0.1) is 0 Å². The number of hydrogen-bond acceptors (Lipinski definition) is 2. The molecule has 13 heavy (non-hydrogen) atoms. The summed E-state index contributed by atoms with van der Waals surface area (Å²) in [4.78, 5) is 11.3. The van der Waals surface area contributed by atoms with Crippen LogP contribution in [0.3, 0.4) is 0 Å². The summed E-state index contributed by atoms with van der Waals surface area (Å²) in [6.07, 6.45) is 2.53. The molecule has 0 spiro atoms. The molecule has 2 heteroatoms. The molecule has 0 bridgehead atoms. The van der Waals surface area contributed by atoms with Gasteiger partial charge in [-0.05, 0) is 39.3 Å². The molecule has 1 aliphatic heterocycles. The Morgan fingerprint density at radius 3 is 2.54 bits per heavy atom. The van der Waals surface area contributed by atoms with E-state index in [9.17, 15) is 4.79 Å². The molecule has 2 aliphatic rings. The summed E-state index contributed by atoms with van der Waals surface area (Å²) < 4.78 is 0. The van der Waals surface area contributed by atoms with Crippen LogP contribution in [-0.4, -0.2) is 16.9 Å². The number of ketones is 1. The quantitative estimate of drug-likeness (QED) is 0.612. The lowest BCUT2D eigenvalue weighted by molar-refractivity contribution is -0.114. The lowest BCUT2D eigenvalue weighted by atomic mass is 9.84. The van der Waals surface area contributed by atoms with Crippen LogP contribution in [0.5, 0.6) is 0 Å². The summed E-state index contributed by atoms with van der Waals surface area (Å²) in [6, 6.07) is 0. The van der Waals surface area contributed by atoms with Gasteiger partial charge < -0.3 is 5.32 Å².